The van der Waals surface area contributed by atoms with Crippen molar-refractivity contribution in [3.8, 4) is 0 Å². The molecule has 2 rings (SSSR count). The SMILES string of the molecule is CCC(NC(=O)N1CCC2NC(=O)CCC2C1)C(=O)O. The molecule has 20 heavy (non-hydrogen) atoms. The van der Waals surface area contributed by atoms with Gasteiger partial charge in [0.1, 0.15) is 6.04 Å². The molecule has 0 bridgehead atoms. The largest absolute Gasteiger partial charge is 0.480 e. The van der Waals surface area contributed by atoms with Gasteiger partial charge in [-0.25, -0.2) is 9.59 Å². The first kappa shape index (κ1) is 14.6. The lowest BCUT2D eigenvalue weighted by Crippen LogP contribution is -2.57. The minimum absolute atomic E-state index is 0.0843. The summed E-state index contributed by atoms with van der Waals surface area (Å²) in [6.07, 6.45) is 2.38. The van der Waals surface area contributed by atoms with Gasteiger partial charge < -0.3 is 20.6 Å². The standard InChI is InChI=1S/C13H21N3O4/c1-2-9(12(18)19)15-13(20)16-6-5-10-8(7-16)3-4-11(17)14-10/h8-10H,2-7H2,1H3,(H,14,17)(H,15,20)(H,18,19). The Bertz CT molecular complexity index is 412. The second kappa shape index (κ2) is 6.11. The van der Waals surface area contributed by atoms with E-state index in [4.69, 9.17) is 5.11 Å². The highest BCUT2D eigenvalue weighted by Gasteiger charge is 2.35. The first-order valence-electron chi connectivity index (χ1n) is 7.09. The Morgan fingerprint density at radius 3 is 2.90 bits per heavy atom. The van der Waals surface area contributed by atoms with E-state index in [1.165, 1.54) is 0 Å². The minimum atomic E-state index is -1.01. The zero-order valence-corrected chi connectivity index (χ0v) is 11.6. The van der Waals surface area contributed by atoms with Gasteiger partial charge in [-0.1, -0.05) is 6.92 Å². The highest BCUT2D eigenvalue weighted by atomic mass is 16.4. The van der Waals surface area contributed by atoms with Crippen molar-refractivity contribution in [2.24, 2.45) is 5.92 Å². The Morgan fingerprint density at radius 1 is 1.50 bits per heavy atom. The fourth-order valence-electron chi connectivity index (χ4n) is 2.87. The van der Waals surface area contributed by atoms with E-state index in [2.05, 4.69) is 10.6 Å². The Labute approximate surface area is 117 Å². The lowest BCUT2D eigenvalue weighted by molar-refractivity contribution is -0.139. The van der Waals surface area contributed by atoms with Crippen LogP contribution < -0.4 is 10.6 Å². The number of hydrogen-bond donors (Lipinski definition) is 3. The zero-order chi connectivity index (χ0) is 14.7. The van der Waals surface area contributed by atoms with Crippen molar-refractivity contribution in [3.63, 3.8) is 0 Å². The summed E-state index contributed by atoms with van der Waals surface area (Å²) in [6.45, 7) is 2.85. The van der Waals surface area contributed by atoms with Crippen LogP contribution in [0.15, 0.2) is 0 Å². The topological polar surface area (TPSA) is 98.7 Å². The number of carbonyl (C=O) groups excluding carboxylic acids is 2. The molecule has 2 fully saturated rings. The maximum Gasteiger partial charge on any atom is 0.326 e. The fourth-order valence-corrected chi connectivity index (χ4v) is 2.87. The van der Waals surface area contributed by atoms with Crippen molar-refractivity contribution in [3.05, 3.63) is 0 Å². The van der Waals surface area contributed by atoms with E-state index < -0.39 is 12.0 Å². The number of carbonyl (C=O) groups is 3. The molecule has 2 aliphatic heterocycles. The Hall–Kier alpha value is -1.79. The highest BCUT2D eigenvalue weighted by Crippen LogP contribution is 2.25. The summed E-state index contributed by atoms with van der Waals surface area (Å²) in [5.41, 5.74) is 0. The van der Waals surface area contributed by atoms with E-state index in [1.54, 1.807) is 11.8 Å². The molecule has 7 heteroatoms. The normalized spacial score (nSPS) is 27.2. The molecule has 3 unspecified atom stereocenters. The predicted molar refractivity (Wildman–Crippen MR) is 71.1 cm³/mol. The molecule has 0 aromatic rings. The quantitative estimate of drug-likeness (QED) is 0.687. The lowest BCUT2D eigenvalue weighted by Gasteiger charge is -2.41. The molecule has 0 aromatic carbocycles. The molecule has 0 aliphatic carbocycles. The fraction of sp³-hybridized carbons (Fsp3) is 0.769. The van der Waals surface area contributed by atoms with Crippen molar-refractivity contribution in [1.82, 2.24) is 15.5 Å². The minimum Gasteiger partial charge on any atom is -0.480 e. The van der Waals surface area contributed by atoms with Crippen LogP contribution in [0.2, 0.25) is 0 Å². The van der Waals surface area contributed by atoms with Crippen LogP contribution in [-0.2, 0) is 9.59 Å². The number of urea groups is 1. The molecule has 3 amide bonds. The van der Waals surface area contributed by atoms with E-state index in [9.17, 15) is 14.4 Å². The average Bonchev–Trinajstić information content (AvgIpc) is 2.43. The molecular formula is C13H21N3O4. The van der Waals surface area contributed by atoms with Crippen LogP contribution in [0.1, 0.15) is 32.6 Å². The van der Waals surface area contributed by atoms with Crippen LogP contribution in [-0.4, -0.2) is 53.1 Å². The Balaban J connectivity index is 1.89. The van der Waals surface area contributed by atoms with Crippen molar-refractivity contribution < 1.29 is 19.5 Å². The molecule has 3 N–H and O–H groups in total. The third kappa shape index (κ3) is 3.20. The van der Waals surface area contributed by atoms with E-state index in [-0.39, 0.29) is 23.9 Å². The van der Waals surface area contributed by atoms with E-state index in [0.717, 1.165) is 12.8 Å². The number of likely N-dealkylation sites (tertiary alicyclic amines) is 1. The smallest absolute Gasteiger partial charge is 0.326 e. The first-order chi connectivity index (χ1) is 9.51. The first-order valence-corrected chi connectivity index (χ1v) is 7.09. The molecule has 3 atom stereocenters. The molecule has 0 aromatic heterocycles. The number of amides is 3. The van der Waals surface area contributed by atoms with Crippen molar-refractivity contribution in [2.75, 3.05) is 13.1 Å². The van der Waals surface area contributed by atoms with E-state index >= 15 is 0 Å². The number of fused-ring (bicyclic) bond motifs is 1. The van der Waals surface area contributed by atoms with Crippen LogP contribution in [0.4, 0.5) is 4.79 Å². The molecule has 2 heterocycles. The van der Waals surface area contributed by atoms with Gasteiger partial charge in [-0.15, -0.1) is 0 Å². The lowest BCUT2D eigenvalue weighted by atomic mass is 9.85. The Morgan fingerprint density at radius 2 is 2.25 bits per heavy atom. The molecular weight excluding hydrogens is 262 g/mol. The number of hydrogen-bond acceptors (Lipinski definition) is 3. The summed E-state index contributed by atoms with van der Waals surface area (Å²) in [5.74, 6) is -0.654. The van der Waals surface area contributed by atoms with E-state index in [1.807, 2.05) is 0 Å². The van der Waals surface area contributed by atoms with Gasteiger partial charge in [-0.2, -0.15) is 0 Å². The van der Waals surface area contributed by atoms with Gasteiger partial charge in [0.15, 0.2) is 0 Å². The molecule has 0 spiro atoms. The van der Waals surface area contributed by atoms with Crippen LogP contribution in [0.3, 0.4) is 0 Å². The van der Waals surface area contributed by atoms with Crippen molar-refractivity contribution in [2.45, 2.75) is 44.7 Å². The van der Waals surface area contributed by atoms with Crippen molar-refractivity contribution >= 4 is 17.9 Å². The van der Waals surface area contributed by atoms with E-state index in [0.29, 0.717) is 25.9 Å². The van der Waals surface area contributed by atoms with Gasteiger partial charge in [-0.05, 0) is 25.2 Å². The number of nitrogens with zero attached hydrogens (tertiary/aromatic N) is 1. The summed E-state index contributed by atoms with van der Waals surface area (Å²) in [4.78, 5) is 36.0. The van der Waals surface area contributed by atoms with Crippen LogP contribution in [0, 0.1) is 5.92 Å². The second-order valence-electron chi connectivity index (χ2n) is 5.46. The summed E-state index contributed by atoms with van der Waals surface area (Å²) < 4.78 is 0. The van der Waals surface area contributed by atoms with Gasteiger partial charge in [-0.3, -0.25) is 4.79 Å². The average molecular weight is 283 g/mol. The zero-order valence-electron chi connectivity index (χ0n) is 11.6. The van der Waals surface area contributed by atoms with Crippen LogP contribution in [0.25, 0.3) is 0 Å². The Kier molecular flexibility index (Phi) is 4.46. The van der Waals surface area contributed by atoms with Gasteiger partial charge in [0.2, 0.25) is 5.91 Å². The molecule has 2 aliphatic rings. The highest BCUT2D eigenvalue weighted by molar-refractivity contribution is 5.82. The number of carboxylic acid groups (broad SMARTS) is 1. The summed E-state index contributed by atoms with van der Waals surface area (Å²) in [7, 11) is 0. The summed E-state index contributed by atoms with van der Waals surface area (Å²) in [5, 5.41) is 14.5. The maximum absolute atomic E-state index is 12.1. The predicted octanol–water partition coefficient (Wildman–Crippen LogP) is 0.160. The molecule has 0 radical (unpaired) electrons. The van der Waals surface area contributed by atoms with Gasteiger partial charge in [0.05, 0.1) is 0 Å². The third-order valence-electron chi connectivity index (χ3n) is 4.11. The number of rotatable bonds is 3. The van der Waals surface area contributed by atoms with Crippen molar-refractivity contribution in [1.29, 1.82) is 0 Å². The van der Waals surface area contributed by atoms with Crippen LogP contribution >= 0.6 is 0 Å². The number of aliphatic carboxylic acids is 1. The van der Waals surface area contributed by atoms with Gasteiger partial charge >= 0.3 is 12.0 Å². The monoisotopic (exact) mass is 283 g/mol. The van der Waals surface area contributed by atoms with Gasteiger partial charge in [0, 0.05) is 25.6 Å². The second-order valence-corrected chi connectivity index (χ2v) is 5.46. The molecule has 0 saturated carbocycles. The van der Waals surface area contributed by atoms with Gasteiger partial charge in [0.25, 0.3) is 0 Å². The third-order valence-corrected chi connectivity index (χ3v) is 4.11. The summed E-state index contributed by atoms with van der Waals surface area (Å²) >= 11 is 0. The number of nitrogens with one attached hydrogen (secondary N) is 2. The summed E-state index contributed by atoms with van der Waals surface area (Å²) in [6, 6.07) is -1.01. The molecule has 112 valence electrons. The maximum atomic E-state index is 12.1. The number of piperidine rings is 2. The van der Waals surface area contributed by atoms with Crippen LogP contribution in [0.5, 0.6) is 0 Å². The molecule has 2 saturated heterocycles. The number of carboxylic acids is 1. The molecule has 7 nitrogen and oxygen atoms in total.